The van der Waals surface area contributed by atoms with Gasteiger partial charge in [-0.15, -0.1) is 0 Å². The predicted octanol–water partition coefficient (Wildman–Crippen LogP) is 0.360. The summed E-state index contributed by atoms with van der Waals surface area (Å²) < 4.78 is 1.78. The fraction of sp³-hybridized carbons (Fsp3) is 0.545. The maximum atomic E-state index is 6.02. The molecule has 3 rings (SSSR count). The van der Waals surface area contributed by atoms with E-state index in [-0.39, 0.29) is 6.04 Å². The van der Waals surface area contributed by atoms with Gasteiger partial charge in [-0.25, -0.2) is 4.98 Å². The molecule has 0 aromatic carbocycles. The molecule has 1 unspecified atom stereocenters. The Balaban J connectivity index is 2.06. The molecule has 6 heteroatoms. The summed E-state index contributed by atoms with van der Waals surface area (Å²) in [6, 6.07) is 2.29. The summed E-state index contributed by atoms with van der Waals surface area (Å²) in [5, 5.41) is 4.22. The molecular formula is C11H16N6. The van der Waals surface area contributed by atoms with Crippen LogP contribution in [0.15, 0.2) is 12.4 Å². The van der Waals surface area contributed by atoms with Gasteiger partial charge in [-0.05, 0) is 19.8 Å². The molecule has 2 N–H and O–H groups in total. The van der Waals surface area contributed by atoms with Gasteiger partial charge in [0.2, 0.25) is 0 Å². The second-order valence-electron chi connectivity index (χ2n) is 4.58. The summed E-state index contributed by atoms with van der Waals surface area (Å²) in [6.07, 6.45) is 3.76. The lowest BCUT2D eigenvalue weighted by molar-refractivity contribution is 0.500. The van der Waals surface area contributed by atoms with Crippen LogP contribution >= 0.6 is 0 Å². The largest absolute Gasteiger partial charge is 0.355 e. The highest BCUT2D eigenvalue weighted by Crippen LogP contribution is 2.20. The van der Waals surface area contributed by atoms with Crippen LogP contribution in [0.4, 0.5) is 5.82 Å². The van der Waals surface area contributed by atoms with Gasteiger partial charge in [0.25, 0.3) is 5.78 Å². The monoisotopic (exact) mass is 232 g/mol. The van der Waals surface area contributed by atoms with Crippen molar-refractivity contribution in [3.05, 3.63) is 18.1 Å². The van der Waals surface area contributed by atoms with E-state index < -0.39 is 0 Å². The highest BCUT2D eigenvalue weighted by atomic mass is 15.4. The molecule has 2 aromatic heterocycles. The highest BCUT2D eigenvalue weighted by Gasteiger charge is 2.20. The summed E-state index contributed by atoms with van der Waals surface area (Å²) in [4.78, 5) is 10.7. The van der Waals surface area contributed by atoms with Crippen LogP contribution < -0.4 is 10.6 Å². The van der Waals surface area contributed by atoms with Crippen LogP contribution in [0.1, 0.15) is 18.5 Å². The first-order chi connectivity index (χ1) is 8.24. The molecule has 6 nitrogen and oxygen atoms in total. The van der Waals surface area contributed by atoms with Crippen LogP contribution in [0.3, 0.4) is 0 Å². The number of aromatic nitrogens is 4. The van der Waals surface area contributed by atoms with Gasteiger partial charge in [-0.3, -0.25) is 0 Å². The minimum Gasteiger partial charge on any atom is -0.355 e. The van der Waals surface area contributed by atoms with E-state index in [1.54, 1.807) is 4.52 Å². The van der Waals surface area contributed by atoms with Crippen LogP contribution in [0, 0.1) is 6.92 Å². The van der Waals surface area contributed by atoms with E-state index in [1.807, 2.05) is 13.0 Å². The molecule has 0 aliphatic carbocycles. The van der Waals surface area contributed by atoms with E-state index in [1.165, 1.54) is 6.33 Å². The minimum absolute atomic E-state index is 0.246. The number of rotatable bonds is 1. The van der Waals surface area contributed by atoms with E-state index in [0.717, 1.165) is 37.4 Å². The number of aryl methyl sites for hydroxylation is 1. The SMILES string of the molecule is Cc1cc(N2CCCC(N)C2)n2ncnc2n1. The number of hydrogen-bond donors (Lipinski definition) is 1. The zero-order valence-electron chi connectivity index (χ0n) is 9.87. The van der Waals surface area contributed by atoms with Crippen molar-refractivity contribution in [2.75, 3.05) is 18.0 Å². The van der Waals surface area contributed by atoms with E-state index in [0.29, 0.717) is 5.78 Å². The predicted molar refractivity (Wildman–Crippen MR) is 64.9 cm³/mol. The zero-order valence-corrected chi connectivity index (χ0v) is 9.87. The smallest absolute Gasteiger partial charge is 0.254 e. The fourth-order valence-electron chi connectivity index (χ4n) is 2.35. The third-order valence-corrected chi connectivity index (χ3v) is 3.14. The Labute approximate surface area is 99.5 Å². The van der Waals surface area contributed by atoms with Gasteiger partial charge in [0.05, 0.1) is 0 Å². The molecule has 3 heterocycles. The van der Waals surface area contributed by atoms with Crippen molar-refractivity contribution in [1.82, 2.24) is 19.6 Å². The number of fused-ring (bicyclic) bond motifs is 1. The van der Waals surface area contributed by atoms with Crippen molar-refractivity contribution < 1.29 is 0 Å². The molecule has 0 radical (unpaired) electrons. The molecule has 2 aromatic rings. The lowest BCUT2D eigenvalue weighted by Crippen LogP contribution is -2.43. The maximum absolute atomic E-state index is 6.02. The first kappa shape index (κ1) is 10.5. The Kier molecular flexibility index (Phi) is 2.44. The van der Waals surface area contributed by atoms with E-state index in [9.17, 15) is 0 Å². The number of anilines is 1. The molecule has 0 spiro atoms. The maximum Gasteiger partial charge on any atom is 0.254 e. The average molecular weight is 232 g/mol. The molecule has 0 bridgehead atoms. The lowest BCUT2D eigenvalue weighted by Gasteiger charge is -2.32. The van der Waals surface area contributed by atoms with Gasteiger partial charge >= 0.3 is 0 Å². The third kappa shape index (κ3) is 1.84. The molecule has 1 aliphatic heterocycles. The number of hydrogen-bond acceptors (Lipinski definition) is 5. The lowest BCUT2D eigenvalue weighted by atomic mass is 10.1. The third-order valence-electron chi connectivity index (χ3n) is 3.14. The average Bonchev–Trinajstić information content (AvgIpc) is 2.75. The van der Waals surface area contributed by atoms with Crippen molar-refractivity contribution >= 4 is 11.6 Å². The topological polar surface area (TPSA) is 72.3 Å². The summed E-state index contributed by atoms with van der Waals surface area (Å²) in [5.41, 5.74) is 6.98. The quantitative estimate of drug-likeness (QED) is 0.768. The van der Waals surface area contributed by atoms with Gasteiger partial charge in [0, 0.05) is 30.9 Å². The minimum atomic E-state index is 0.246. The summed E-state index contributed by atoms with van der Waals surface area (Å²) in [6.45, 7) is 3.87. The van der Waals surface area contributed by atoms with Crippen molar-refractivity contribution in [2.24, 2.45) is 5.73 Å². The Morgan fingerprint density at radius 1 is 1.47 bits per heavy atom. The number of nitrogens with two attached hydrogens (primary N) is 1. The highest BCUT2D eigenvalue weighted by molar-refractivity contribution is 5.47. The van der Waals surface area contributed by atoms with Gasteiger partial charge in [-0.1, -0.05) is 0 Å². The number of piperidine rings is 1. The Hall–Kier alpha value is -1.69. The second kappa shape index (κ2) is 3.96. The Morgan fingerprint density at radius 2 is 2.35 bits per heavy atom. The van der Waals surface area contributed by atoms with Crippen LogP contribution in [-0.2, 0) is 0 Å². The molecule has 1 aliphatic rings. The van der Waals surface area contributed by atoms with Gasteiger partial charge in [-0.2, -0.15) is 14.6 Å². The van der Waals surface area contributed by atoms with Crippen molar-refractivity contribution in [2.45, 2.75) is 25.8 Å². The van der Waals surface area contributed by atoms with Crippen molar-refractivity contribution in [3.63, 3.8) is 0 Å². The van der Waals surface area contributed by atoms with E-state index >= 15 is 0 Å². The first-order valence-electron chi connectivity index (χ1n) is 5.92. The summed E-state index contributed by atoms with van der Waals surface area (Å²) >= 11 is 0. The van der Waals surface area contributed by atoms with Crippen molar-refractivity contribution in [3.8, 4) is 0 Å². The van der Waals surface area contributed by atoms with E-state index in [4.69, 9.17) is 5.73 Å². The van der Waals surface area contributed by atoms with Crippen LogP contribution in [-0.4, -0.2) is 38.7 Å². The first-order valence-corrected chi connectivity index (χ1v) is 5.92. The summed E-state index contributed by atoms with van der Waals surface area (Å²) in [7, 11) is 0. The van der Waals surface area contributed by atoms with Crippen LogP contribution in [0.25, 0.3) is 5.78 Å². The summed E-state index contributed by atoms with van der Waals surface area (Å²) in [5.74, 6) is 1.69. The zero-order chi connectivity index (χ0) is 11.8. The molecule has 90 valence electrons. The standard InChI is InChI=1S/C11H16N6/c1-8-5-10(16-4-2-3-9(12)6-16)17-11(15-8)13-7-14-17/h5,7,9H,2-4,6,12H2,1H3. The normalized spacial score (nSPS) is 21.1. The van der Waals surface area contributed by atoms with Crippen LogP contribution in [0.5, 0.6) is 0 Å². The van der Waals surface area contributed by atoms with Gasteiger partial charge in [0.15, 0.2) is 0 Å². The van der Waals surface area contributed by atoms with E-state index in [2.05, 4.69) is 20.0 Å². The Bertz CT molecular complexity index is 534. The molecular weight excluding hydrogens is 216 g/mol. The Morgan fingerprint density at radius 3 is 3.18 bits per heavy atom. The molecule has 0 saturated carbocycles. The van der Waals surface area contributed by atoms with Gasteiger partial charge in [0.1, 0.15) is 12.1 Å². The molecule has 1 saturated heterocycles. The van der Waals surface area contributed by atoms with Gasteiger partial charge < -0.3 is 10.6 Å². The molecule has 1 atom stereocenters. The van der Waals surface area contributed by atoms with Crippen molar-refractivity contribution in [1.29, 1.82) is 0 Å². The van der Waals surface area contributed by atoms with Crippen LogP contribution in [0.2, 0.25) is 0 Å². The number of nitrogens with zero attached hydrogens (tertiary/aromatic N) is 5. The molecule has 0 amide bonds. The fourth-order valence-corrected chi connectivity index (χ4v) is 2.35. The second-order valence-corrected chi connectivity index (χ2v) is 4.58. The molecule has 17 heavy (non-hydrogen) atoms. The molecule has 1 fully saturated rings.